The Balaban J connectivity index is 1.96. The predicted octanol–water partition coefficient (Wildman–Crippen LogP) is 4.32. The molecule has 0 spiro atoms. The fourth-order valence-corrected chi connectivity index (χ4v) is 2.38. The van der Waals surface area contributed by atoms with Crippen molar-refractivity contribution in [1.82, 2.24) is 5.32 Å². The molecule has 0 aromatic heterocycles. The van der Waals surface area contributed by atoms with E-state index in [0.717, 1.165) is 17.7 Å². The van der Waals surface area contributed by atoms with E-state index in [2.05, 4.69) is 40.3 Å². The van der Waals surface area contributed by atoms with Crippen LogP contribution in [0.5, 0.6) is 5.75 Å². The fraction of sp³-hybridized carbons (Fsp3) is 0.294. The summed E-state index contributed by atoms with van der Waals surface area (Å²) in [5, 5.41) is 3.21. The van der Waals surface area contributed by atoms with Gasteiger partial charge >= 0.3 is 0 Å². The van der Waals surface area contributed by atoms with Crippen LogP contribution in [0.1, 0.15) is 18.1 Å². The van der Waals surface area contributed by atoms with Crippen LogP contribution in [-0.4, -0.2) is 13.1 Å². The van der Waals surface area contributed by atoms with Gasteiger partial charge in [-0.15, -0.1) is 0 Å². The van der Waals surface area contributed by atoms with Crippen LogP contribution in [-0.2, 0) is 13.0 Å². The third-order valence-corrected chi connectivity index (χ3v) is 4.27. The fourth-order valence-electron chi connectivity index (χ4n) is 2.00. The highest BCUT2D eigenvalue weighted by atomic mass is 79.9. The van der Waals surface area contributed by atoms with Crippen molar-refractivity contribution < 1.29 is 9.13 Å². The molecule has 2 aromatic carbocycles. The van der Waals surface area contributed by atoms with Gasteiger partial charge in [-0.3, -0.25) is 0 Å². The van der Waals surface area contributed by atoms with Crippen LogP contribution in [0.4, 0.5) is 4.39 Å². The van der Waals surface area contributed by atoms with Gasteiger partial charge in [0.1, 0.15) is 18.2 Å². The van der Waals surface area contributed by atoms with Crippen LogP contribution in [0.3, 0.4) is 0 Å². The summed E-state index contributed by atoms with van der Waals surface area (Å²) < 4.78 is 19.6. The Hall–Kier alpha value is -1.39. The molecule has 4 heteroatoms. The Kier molecular flexibility index (Phi) is 5.76. The molecule has 2 aromatic rings. The summed E-state index contributed by atoms with van der Waals surface area (Å²) in [5.41, 5.74) is 2.05. The molecule has 2 nitrogen and oxygen atoms in total. The summed E-state index contributed by atoms with van der Waals surface area (Å²) in [6.07, 6.45) is 0.978. The van der Waals surface area contributed by atoms with Crippen LogP contribution in [0.25, 0.3) is 0 Å². The van der Waals surface area contributed by atoms with E-state index in [1.807, 2.05) is 25.2 Å². The molecule has 0 bridgehead atoms. The van der Waals surface area contributed by atoms with Crippen LogP contribution in [0.2, 0.25) is 0 Å². The topological polar surface area (TPSA) is 21.3 Å². The van der Waals surface area contributed by atoms with Gasteiger partial charge in [0.25, 0.3) is 0 Å². The minimum absolute atomic E-state index is 0.271. The molecule has 112 valence electrons. The molecule has 0 amide bonds. The monoisotopic (exact) mass is 351 g/mol. The van der Waals surface area contributed by atoms with Gasteiger partial charge < -0.3 is 10.1 Å². The summed E-state index contributed by atoms with van der Waals surface area (Å²) in [6, 6.07) is 13.4. The maximum atomic E-state index is 13.4. The van der Waals surface area contributed by atoms with E-state index in [-0.39, 0.29) is 5.82 Å². The van der Waals surface area contributed by atoms with Crippen LogP contribution in [0.15, 0.2) is 46.9 Å². The first kappa shape index (κ1) is 16.0. The zero-order valence-corrected chi connectivity index (χ0v) is 13.8. The minimum atomic E-state index is -0.271. The van der Waals surface area contributed by atoms with Gasteiger partial charge in [-0.2, -0.15) is 0 Å². The van der Waals surface area contributed by atoms with Gasteiger partial charge in [-0.25, -0.2) is 4.39 Å². The summed E-state index contributed by atoms with van der Waals surface area (Å²) in [4.78, 5) is 0. The van der Waals surface area contributed by atoms with Crippen molar-refractivity contribution in [2.45, 2.75) is 26.0 Å². The molecular formula is C17H19BrFNO. The summed E-state index contributed by atoms with van der Waals surface area (Å²) in [6.45, 7) is 2.48. The number of hydrogen-bond acceptors (Lipinski definition) is 2. The lowest BCUT2D eigenvalue weighted by atomic mass is 10.1. The minimum Gasteiger partial charge on any atom is -0.489 e. The van der Waals surface area contributed by atoms with Gasteiger partial charge in [0, 0.05) is 11.6 Å². The quantitative estimate of drug-likeness (QED) is 0.836. The maximum Gasteiger partial charge on any atom is 0.137 e. The maximum absolute atomic E-state index is 13.4. The molecule has 0 heterocycles. The number of rotatable bonds is 6. The van der Waals surface area contributed by atoms with E-state index in [1.54, 1.807) is 6.07 Å². The predicted molar refractivity (Wildman–Crippen MR) is 87.1 cm³/mol. The van der Waals surface area contributed by atoms with E-state index in [9.17, 15) is 4.39 Å². The Labute approximate surface area is 133 Å². The van der Waals surface area contributed by atoms with E-state index < -0.39 is 0 Å². The molecule has 1 atom stereocenters. The summed E-state index contributed by atoms with van der Waals surface area (Å²) in [5.74, 6) is 0.513. The van der Waals surface area contributed by atoms with Crippen molar-refractivity contribution >= 4 is 15.9 Å². The number of hydrogen-bond donors (Lipinski definition) is 1. The van der Waals surface area contributed by atoms with Crippen molar-refractivity contribution in [3.63, 3.8) is 0 Å². The highest BCUT2D eigenvalue weighted by Crippen LogP contribution is 2.22. The molecule has 0 saturated carbocycles. The lowest BCUT2D eigenvalue weighted by Crippen LogP contribution is -2.23. The van der Waals surface area contributed by atoms with Gasteiger partial charge in [0.15, 0.2) is 0 Å². The normalized spacial score (nSPS) is 12.2. The molecule has 0 aliphatic heterocycles. The first-order chi connectivity index (χ1) is 10.1. The van der Waals surface area contributed by atoms with Crippen molar-refractivity contribution in [2.24, 2.45) is 0 Å². The summed E-state index contributed by atoms with van der Waals surface area (Å²) in [7, 11) is 1.96. The average molecular weight is 352 g/mol. The van der Waals surface area contributed by atoms with Gasteiger partial charge in [-0.05, 0) is 60.1 Å². The number of benzene rings is 2. The third kappa shape index (κ3) is 4.55. The molecule has 0 radical (unpaired) electrons. The van der Waals surface area contributed by atoms with Crippen molar-refractivity contribution in [3.8, 4) is 5.75 Å². The molecule has 0 aliphatic carbocycles. The van der Waals surface area contributed by atoms with Crippen molar-refractivity contribution in [1.29, 1.82) is 0 Å². The second kappa shape index (κ2) is 7.57. The average Bonchev–Trinajstić information content (AvgIpc) is 2.50. The molecule has 1 unspecified atom stereocenters. The van der Waals surface area contributed by atoms with E-state index in [4.69, 9.17) is 4.74 Å². The van der Waals surface area contributed by atoms with Gasteiger partial charge in [0.2, 0.25) is 0 Å². The zero-order chi connectivity index (χ0) is 15.2. The second-order valence-corrected chi connectivity index (χ2v) is 5.83. The Morgan fingerprint density at radius 1 is 1.19 bits per heavy atom. The van der Waals surface area contributed by atoms with Crippen LogP contribution < -0.4 is 10.1 Å². The van der Waals surface area contributed by atoms with Crippen LogP contribution >= 0.6 is 15.9 Å². The number of likely N-dealkylation sites (N-methyl/N-ethyl adjacent to an activating group) is 1. The highest BCUT2D eigenvalue weighted by Gasteiger charge is 2.06. The van der Waals surface area contributed by atoms with Gasteiger partial charge in [-0.1, -0.05) is 24.3 Å². The molecule has 0 aliphatic rings. The largest absolute Gasteiger partial charge is 0.489 e. The molecule has 0 saturated heterocycles. The van der Waals surface area contributed by atoms with E-state index in [0.29, 0.717) is 17.1 Å². The second-order valence-electron chi connectivity index (χ2n) is 5.04. The van der Waals surface area contributed by atoms with E-state index in [1.165, 1.54) is 11.6 Å². The molecule has 1 N–H and O–H groups in total. The van der Waals surface area contributed by atoms with Gasteiger partial charge in [0.05, 0.1) is 4.47 Å². The third-order valence-electron chi connectivity index (χ3n) is 3.38. The zero-order valence-electron chi connectivity index (χ0n) is 12.2. The molecular weight excluding hydrogens is 333 g/mol. The Bertz CT molecular complexity index is 586. The highest BCUT2D eigenvalue weighted by molar-refractivity contribution is 9.10. The number of ether oxygens (including phenoxy) is 1. The van der Waals surface area contributed by atoms with Crippen LogP contribution in [0, 0.1) is 5.82 Å². The molecule has 0 fully saturated rings. The van der Waals surface area contributed by atoms with E-state index >= 15 is 0 Å². The summed E-state index contributed by atoms with van der Waals surface area (Å²) >= 11 is 3.24. The lowest BCUT2D eigenvalue weighted by Gasteiger charge is -2.11. The Morgan fingerprint density at radius 3 is 2.57 bits per heavy atom. The first-order valence-electron chi connectivity index (χ1n) is 6.92. The van der Waals surface area contributed by atoms with Crippen molar-refractivity contribution in [3.05, 3.63) is 63.9 Å². The molecule has 2 rings (SSSR count). The number of halogens is 2. The smallest absolute Gasteiger partial charge is 0.137 e. The molecule has 21 heavy (non-hydrogen) atoms. The van der Waals surface area contributed by atoms with Crippen molar-refractivity contribution in [2.75, 3.05) is 7.05 Å². The first-order valence-corrected chi connectivity index (χ1v) is 7.71. The Morgan fingerprint density at radius 2 is 1.90 bits per heavy atom. The lowest BCUT2D eigenvalue weighted by molar-refractivity contribution is 0.304. The number of nitrogens with one attached hydrogen (secondary N) is 1. The SMILES string of the molecule is CNC(C)Cc1ccc(OCc2cccc(F)c2Br)cc1. The standard InChI is InChI=1S/C17H19BrFNO/c1-12(20-2)10-13-6-8-15(9-7-13)21-11-14-4-3-5-16(19)17(14)18/h3-9,12,20H,10-11H2,1-2H3.